The molecule has 0 aliphatic carbocycles. The number of fused-ring (bicyclic) bond motifs is 1. The van der Waals surface area contributed by atoms with Crippen molar-refractivity contribution in [3.05, 3.63) is 205 Å². The fourth-order valence-electron chi connectivity index (χ4n) is 7.76. The summed E-state index contributed by atoms with van der Waals surface area (Å²) in [4.78, 5) is 7.88. The number of hydrogen-bond donors (Lipinski definition) is 2. The highest BCUT2D eigenvalue weighted by molar-refractivity contribution is 6.16. The lowest BCUT2D eigenvalue weighted by atomic mass is 9.91. The quantitative estimate of drug-likeness (QED) is 0.167. The second-order valence-corrected chi connectivity index (χ2v) is 13.5. The zero-order chi connectivity index (χ0) is 35.6. The minimum atomic E-state index is -0.286. The van der Waals surface area contributed by atoms with E-state index in [-0.39, 0.29) is 12.3 Å². The summed E-state index contributed by atoms with van der Waals surface area (Å²) in [5.74, 6) is 0. The van der Waals surface area contributed by atoms with Gasteiger partial charge in [0.05, 0.1) is 22.8 Å². The molecule has 0 saturated carbocycles. The highest BCUT2D eigenvalue weighted by atomic mass is 15.3. The molecule has 2 aliphatic heterocycles. The van der Waals surface area contributed by atoms with Crippen molar-refractivity contribution in [2.24, 2.45) is 4.99 Å². The van der Waals surface area contributed by atoms with Crippen LogP contribution in [0.1, 0.15) is 36.2 Å². The molecular weight excluding hydrogens is 645 g/mol. The second kappa shape index (κ2) is 14.2. The Labute approximate surface area is 311 Å². The van der Waals surface area contributed by atoms with E-state index < -0.39 is 0 Å². The maximum atomic E-state index is 5.42. The lowest BCUT2D eigenvalue weighted by Gasteiger charge is -2.29. The molecule has 0 saturated heterocycles. The zero-order valence-corrected chi connectivity index (χ0v) is 29.7. The monoisotopic (exact) mass is 684 g/mol. The van der Waals surface area contributed by atoms with Crippen LogP contribution in [-0.2, 0) is 0 Å². The molecule has 2 N–H and O–H groups in total. The maximum absolute atomic E-state index is 5.42. The summed E-state index contributed by atoms with van der Waals surface area (Å²) in [5, 5.41) is 7.54. The van der Waals surface area contributed by atoms with Crippen LogP contribution in [0.3, 0.4) is 0 Å². The van der Waals surface area contributed by atoms with E-state index in [1.165, 1.54) is 44.9 Å². The SMILES string of the molecule is CCC1Nc2ccccc2N1c1ccccc1-c1ccccc1-c1cccc(C2N=C(c3ccccc3-c3ccccc3)C=C(c3ccccc3)N2)c1. The highest BCUT2D eigenvalue weighted by Crippen LogP contribution is 2.46. The molecule has 2 aliphatic rings. The number of nitrogens with zero attached hydrogens (tertiary/aromatic N) is 2. The summed E-state index contributed by atoms with van der Waals surface area (Å²) in [6, 6.07) is 64.8. The van der Waals surface area contributed by atoms with Gasteiger partial charge in [0, 0.05) is 16.8 Å². The molecular formula is C49H40N4. The van der Waals surface area contributed by atoms with Gasteiger partial charge in [-0.15, -0.1) is 0 Å². The summed E-state index contributed by atoms with van der Waals surface area (Å²) < 4.78 is 0. The van der Waals surface area contributed by atoms with E-state index in [2.05, 4.69) is 211 Å². The molecule has 0 fully saturated rings. The standard InChI is InChI=1S/C49H40N4/c1-2-48-50-43-29-14-16-31-47(43)53(48)46-30-15-13-28-42(46)40-26-11-9-25-39(40)36-22-17-23-37(32-36)49-51-44(35-20-7-4-8-21-35)33-45(52-49)41-27-12-10-24-38(41)34-18-5-3-6-19-34/h3-33,48-51H,2H2,1H3. The first kappa shape index (κ1) is 32.3. The maximum Gasteiger partial charge on any atom is 0.145 e. The lowest BCUT2D eigenvalue weighted by molar-refractivity contribution is 0.664. The largest absolute Gasteiger partial charge is 0.363 e. The van der Waals surface area contributed by atoms with Crippen LogP contribution >= 0.6 is 0 Å². The summed E-state index contributed by atoms with van der Waals surface area (Å²) in [6.45, 7) is 2.24. The van der Waals surface area contributed by atoms with Gasteiger partial charge in [-0.2, -0.15) is 0 Å². The smallest absolute Gasteiger partial charge is 0.145 e. The summed E-state index contributed by atoms with van der Waals surface area (Å²) in [5.41, 5.74) is 16.0. The van der Waals surface area contributed by atoms with Crippen molar-refractivity contribution in [2.45, 2.75) is 25.7 Å². The van der Waals surface area contributed by atoms with Crippen molar-refractivity contribution >= 4 is 28.5 Å². The van der Waals surface area contributed by atoms with Crippen LogP contribution in [0, 0.1) is 0 Å². The summed E-state index contributed by atoms with van der Waals surface area (Å²) >= 11 is 0. The van der Waals surface area contributed by atoms with Crippen LogP contribution in [0.25, 0.3) is 39.1 Å². The lowest BCUT2D eigenvalue weighted by Crippen LogP contribution is -2.31. The minimum Gasteiger partial charge on any atom is -0.363 e. The van der Waals surface area contributed by atoms with Gasteiger partial charge in [0.25, 0.3) is 0 Å². The van der Waals surface area contributed by atoms with E-state index in [4.69, 9.17) is 4.99 Å². The zero-order valence-electron chi connectivity index (χ0n) is 29.7. The molecule has 9 rings (SSSR count). The van der Waals surface area contributed by atoms with Crippen LogP contribution in [0.15, 0.2) is 193 Å². The van der Waals surface area contributed by atoms with Crippen LogP contribution in [0.2, 0.25) is 0 Å². The molecule has 7 aromatic carbocycles. The average molecular weight is 685 g/mol. The van der Waals surface area contributed by atoms with E-state index in [1.807, 2.05) is 0 Å². The van der Waals surface area contributed by atoms with Gasteiger partial charge in [0.1, 0.15) is 12.3 Å². The molecule has 4 heteroatoms. The van der Waals surface area contributed by atoms with E-state index in [0.29, 0.717) is 0 Å². The molecule has 4 nitrogen and oxygen atoms in total. The van der Waals surface area contributed by atoms with Gasteiger partial charge in [-0.3, -0.25) is 4.99 Å². The molecule has 0 radical (unpaired) electrons. The van der Waals surface area contributed by atoms with Crippen LogP contribution < -0.4 is 15.5 Å². The molecule has 256 valence electrons. The molecule has 2 unspecified atom stereocenters. The minimum absolute atomic E-state index is 0.173. The number of aliphatic imine (C=N–C) groups is 1. The molecule has 53 heavy (non-hydrogen) atoms. The third kappa shape index (κ3) is 6.19. The van der Waals surface area contributed by atoms with Crippen molar-refractivity contribution in [1.82, 2.24) is 5.32 Å². The predicted octanol–water partition coefficient (Wildman–Crippen LogP) is 12.1. The van der Waals surface area contributed by atoms with Gasteiger partial charge in [0.15, 0.2) is 0 Å². The van der Waals surface area contributed by atoms with E-state index in [1.54, 1.807) is 0 Å². The van der Waals surface area contributed by atoms with Crippen LogP contribution in [0.4, 0.5) is 17.1 Å². The molecule has 0 amide bonds. The molecule has 2 heterocycles. The average Bonchev–Trinajstić information content (AvgIpc) is 3.63. The van der Waals surface area contributed by atoms with Crippen molar-refractivity contribution in [3.8, 4) is 33.4 Å². The first-order valence-electron chi connectivity index (χ1n) is 18.4. The molecule has 0 bridgehead atoms. The first-order valence-corrected chi connectivity index (χ1v) is 18.4. The normalized spacial score (nSPS) is 16.2. The Morgan fingerprint density at radius 1 is 0.491 bits per heavy atom. The number of para-hydroxylation sites is 3. The van der Waals surface area contributed by atoms with Gasteiger partial charge in [0.2, 0.25) is 0 Å². The third-order valence-electron chi connectivity index (χ3n) is 10.3. The van der Waals surface area contributed by atoms with Crippen LogP contribution in [-0.4, -0.2) is 11.9 Å². The Hall–Kier alpha value is -6.65. The molecule has 7 aromatic rings. The number of hydrogen-bond acceptors (Lipinski definition) is 4. The Morgan fingerprint density at radius 3 is 1.79 bits per heavy atom. The Kier molecular flexibility index (Phi) is 8.63. The van der Waals surface area contributed by atoms with Gasteiger partial charge >= 0.3 is 0 Å². The van der Waals surface area contributed by atoms with Crippen molar-refractivity contribution < 1.29 is 0 Å². The Balaban J connectivity index is 1.14. The van der Waals surface area contributed by atoms with E-state index in [0.717, 1.165) is 40.1 Å². The van der Waals surface area contributed by atoms with E-state index >= 15 is 0 Å². The number of anilines is 3. The number of nitrogens with one attached hydrogen (secondary N) is 2. The number of allylic oxidation sites excluding steroid dienone is 1. The van der Waals surface area contributed by atoms with Crippen molar-refractivity contribution in [2.75, 3.05) is 10.2 Å². The van der Waals surface area contributed by atoms with Gasteiger partial charge in [-0.25, -0.2) is 0 Å². The molecule has 0 spiro atoms. The Morgan fingerprint density at radius 2 is 1.06 bits per heavy atom. The second-order valence-electron chi connectivity index (χ2n) is 13.5. The third-order valence-corrected chi connectivity index (χ3v) is 10.3. The van der Waals surface area contributed by atoms with Gasteiger partial charge in [-0.1, -0.05) is 165 Å². The number of benzene rings is 7. The first-order chi connectivity index (χ1) is 26.2. The van der Waals surface area contributed by atoms with Crippen molar-refractivity contribution in [1.29, 1.82) is 0 Å². The molecule has 2 atom stereocenters. The topological polar surface area (TPSA) is 39.7 Å². The van der Waals surface area contributed by atoms with Gasteiger partial charge in [-0.05, 0) is 75.7 Å². The van der Waals surface area contributed by atoms with Gasteiger partial charge < -0.3 is 15.5 Å². The summed E-state index contributed by atoms with van der Waals surface area (Å²) in [6.07, 6.45) is 3.05. The predicted molar refractivity (Wildman–Crippen MR) is 222 cm³/mol. The fraction of sp³-hybridized carbons (Fsp3) is 0.0816. The Bertz CT molecular complexity index is 2470. The molecule has 0 aromatic heterocycles. The number of rotatable bonds is 8. The summed E-state index contributed by atoms with van der Waals surface area (Å²) in [7, 11) is 0. The fourth-order valence-corrected chi connectivity index (χ4v) is 7.76. The van der Waals surface area contributed by atoms with Crippen molar-refractivity contribution in [3.63, 3.8) is 0 Å². The highest BCUT2D eigenvalue weighted by Gasteiger charge is 2.30. The van der Waals surface area contributed by atoms with E-state index in [9.17, 15) is 0 Å². The van der Waals surface area contributed by atoms with Crippen LogP contribution in [0.5, 0.6) is 0 Å².